The van der Waals surface area contributed by atoms with Crippen LogP contribution in [0.5, 0.6) is 0 Å². The molecule has 1 saturated carbocycles. The molecule has 3 rings (SSSR count). The van der Waals surface area contributed by atoms with Crippen LogP contribution in [0.25, 0.3) is 0 Å². The average molecular weight is 333 g/mol. The highest BCUT2D eigenvalue weighted by Crippen LogP contribution is 2.24. The van der Waals surface area contributed by atoms with Crippen molar-refractivity contribution in [3.8, 4) is 0 Å². The first-order valence-corrected chi connectivity index (χ1v) is 8.73. The summed E-state index contributed by atoms with van der Waals surface area (Å²) in [6.07, 6.45) is 6.25. The molecule has 0 bridgehead atoms. The highest BCUT2D eigenvalue weighted by molar-refractivity contribution is 5.90. The quantitative estimate of drug-likeness (QED) is 0.868. The zero-order chi connectivity index (χ0) is 16.9. The first-order valence-electron chi connectivity index (χ1n) is 8.73. The van der Waals surface area contributed by atoms with Crippen LogP contribution in [0.2, 0.25) is 0 Å². The predicted octanol–water partition coefficient (Wildman–Crippen LogP) is 2.21. The molecule has 2 aliphatic rings. The number of hydrogen-bond acceptors (Lipinski definition) is 2. The van der Waals surface area contributed by atoms with Gasteiger partial charge in [0.2, 0.25) is 5.91 Å². The molecule has 130 valence electrons. The van der Waals surface area contributed by atoms with E-state index in [0.717, 1.165) is 31.2 Å². The van der Waals surface area contributed by atoms with Gasteiger partial charge in [0.05, 0.1) is 6.54 Å². The van der Waals surface area contributed by atoms with Crippen molar-refractivity contribution in [2.75, 3.05) is 13.1 Å². The van der Waals surface area contributed by atoms with E-state index in [-0.39, 0.29) is 23.8 Å². The Labute approximate surface area is 141 Å². The van der Waals surface area contributed by atoms with Crippen LogP contribution in [0.1, 0.15) is 37.7 Å². The smallest absolute Gasteiger partial charge is 0.318 e. The van der Waals surface area contributed by atoms with Crippen LogP contribution in [0.15, 0.2) is 24.3 Å². The third-order valence-electron chi connectivity index (χ3n) is 4.90. The molecule has 1 unspecified atom stereocenters. The maximum atomic E-state index is 12.9. The van der Waals surface area contributed by atoms with Gasteiger partial charge in [0, 0.05) is 12.6 Å². The summed E-state index contributed by atoms with van der Waals surface area (Å²) in [5, 5.41) is 5.64. The van der Waals surface area contributed by atoms with Crippen molar-refractivity contribution in [2.24, 2.45) is 0 Å². The normalized spacial score (nSPS) is 21.6. The minimum Gasteiger partial charge on any atom is -0.354 e. The van der Waals surface area contributed by atoms with E-state index in [2.05, 4.69) is 10.6 Å². The number of benzene rings is 1. The maximum Gasteiger partial charge on any atom is 0.318 e. The van der Waals surface area contributed by atoms with Crippen molar-refractivity contribution >= 4 is 11.9 Å². The van der Waals surface area contributed by atoms with Crippen LogP contribution in [-0.2, 0) is 11.2 Å². The third-order valence-corrected chi connectivity index (χ3v) is 4.90. The van der Waals surface area contributed by atoms with Crippen LogP contribution in [-0.4, -0.2) is 42.0 Å². The Morgan fingerprint density at radius 2 is 1.92 bits per heavy atom. The van der Waals surface area contributed by atoms with Crippen molar-refractivity contribution in [2.45, 2.75) is 50.6 Å². The molecular weight excluding hydrogens is 309 g/mol. The van der Waals surface area contributed by atoms with Gasteiger partial charge < -0.3 is 15.5 Å². The maximum absolute atomic E-state index is 12.9. The molecule has 5 nitrogen and oxygen atoms in total. The lowest BCUT2D eigenvalue weighted by Crippen LogP contribution is -2.43. The lowest BCUT2D eigenvalue weighted by Gasteiger charge is -2.30. The van der Waals surface area contributed by atoms with Crippen LogP contribution < -0.4 is 10.6 Å². The van der Waals surface area contributed by atoms with Gasteiger partial charge in [-0.15, -0.1) is 0 Å². The number of nitrogens with zero attached hydrogens (tertiary/aromatic N) is 1. The fraction of sp³-hybridized carbons (Fsp3) is 0.556. The molecule has 1 aliphatic carbocycles. The van der Waals surface area contributed by atoms with E-state index < -0.39 is 6.04 Å². The van der Waals surface area contributed by atoms with E-state index in [1.165, 1.54) is 18.6 Å². The van der Waals surface area contributed by atoms with Gasteiger partial charge in [-0.1, -0.05) is 31.4 Å². The minimum absolute atomic E-state index is 0.124. The number of hydrogen-bond donors (Lipinski definition) is 2. The first-order chi connectivity index (χ1) is 11.6. The van der Waals surface area contributed by atoms with E-state index in [4.69, 9.17) is 0 Å². The van der Waals surface area contributed by atoms with Crippen molar-refractivity contribution in [3.05, 3.63) is 35.6 Å². The summed E-state index contributed by atoms with van der Waals surface area (Å²) in [7, 11) is 0. The van der Waals surface area contributed by atoms with Gasteiger partial charge in [-0.3, -0.25) is 4.79 Å². The number of urea groups is 1. The largest absolute Gasteiger partial charge is 0.354 e. The standard InChI is InChI=1S/C18H24FN3O2/c19-14-8-6-13(7-9-14)10-11-20-17(23)16-12-22(18(24)21-16)15-4-2-1-3-5-15/h6-9,15-16H,1-5,10-12H2,(H,20,23)(H,21,24). The van der Waals surface area contributed by atoms with Gasteiger partial charge in [0.15, 0.2) is 0 Å². The summed E-state index contributed by atoms with van der Waals surface area (Å²) in [5.41, 5.74) is 0.969. The van der Waals surface area contributed by atoms with E-state index in [9.17, 15) is 14.0 Å². The summed E-state index contributed by atoms with van der Waals surface area (Å²) in [6.45, 7) is 0.923. The van der Waals surface area contributed by atoms with Gasteiger partial charge in [-0.05, 0) is 37.0 Å². The van der Waals surface area contributed by atoms with Crippen molar-refractivity contribution in [1.29, 1.82) is 0 Å². The summed E-state index contributed by atoms with van der Waals surface area (Å²) in [4.78, 5) is 26.2. The van der Waals surface area contributed by atoms with E-state index in [1.807, 2.05) is 4.90 Å². The van der Waals surface area contributed by atoms with E-state index in [1.54, 1.807) is 12.1 Å². The van der Waals surface area contributed by atoms with Gasteiger partial charge in [0.25, 0.3) is 0 Å². The highest BCUT2D eigenvalue weighted by Gasteiger charge is 2.37. The molecule has 0 aromatic heterocycles. The number of rotatable bonds is 5. The topological polar surface area (TPSA) is 61.4 Å². The molecule has 24 heavy (non-hydrogen) atoms. The molecule has 1 heterocycles. The molecule has 3 amide bonds. The fourth-order valence-electron chi connectivity index (χ4n) is 3.52. The van der Waals surface area contributed by atoms with Gasteiger partial charge in [-0.2, -0.15) is 0 Å². The molecule has 1 aromatic rings. The zero-order valence-electron chi connectivity index (χ0n) is 13.8. The van der Waals surface area contributed by atoms with Gasteiger partial charge in [-0.25, -0.2) is 9.18 Å². The zero-order valence-corrected chi connectivity index (χ0v) is 13.8. The Bertz CT molecular complexity index is 584. The number of amides is 3. The average Bonchev–Trinajstić information content (AvgIpc) is 2.99. The molecular formula is C18H24FN3O2. The summed E-state index contributed by atoms with van der Waals surface area (Å²) < 4.78 is 12.9. The molecule has 2 fully saturated rings. The second-order valence-corrected chi connectivity index (χ2v) is 6.61. The highest BCUT2D eigenvalue weighted by atomic mass is 19.1. The second kappa shape index (κ2) is 7.64. The SMILES string of the molecule is O=C(NCCc1ccc(F)cc1)C1CN(C2CCCCC2)C(=O)N1. The molecule has 1 aliphatic heterocycles. The number of halogens is 1. The van der Waals surface area contributed by atoms with Crippen molar-refractivity contribution in [3.63, 3.8) is 0 Å². The Hall–Kier alpha value is -2.11. The van der Waals surface area contributed by atoms with Crippen molar-refractivity contribution in [1.82, 2.24) is 15.5 Å². The molecule has 2 N–H and O–H groups in total. The van der Waals surface area contributed by atoms with E-state index in [0.29, 0.717) is 19.5 Å². The Morgan fingerprint density at radius 3 is 2.62 bits per heavy atom. The minimum atomic E-state index is -0.479. The van der Waals surface area contributed by atoms with Crippen LogP contribution in [0.3, 0.4) is 0 Å². The third kappa shape index (κ3) is 4.04. The Kier molecular flexibility index (Phi) is 5.33. The van der Waals surface area contributed by atoms with Crippen molar-refractivity contribution < 1.29 is 14.0 Å². The lowest BCUT2D eigenvalue weighted by atomic mass is 9.94. The predicted molar refractivity (Wildman–Crippen MR) is 89.0 cm³/mol. The molecule has 1 aromatic carbocycles. The molecule has 0 radical (unpaired) electrons. The second-order valence-electron chi connectivity index (χ2n) is 6.61. The monoisotopic (exact) mass is 333 g/mol. The number of nitrogens with one attached hydrogen (secondary N) is 2. The lowest BCUT2D eigenvalue weighted by molar-refractivity contribution is -0.122. The summed E-state index contributed by atoms with van der Waals surface area (Å²) >= 11 is 0. The van der Waals surface area contributed by atoms with Crippen LogP contribution in [0, 0.1) is 5.82 Å². The molecule has 0 spiro atoms. The van der Waals surface area contributed by atoms with Gasteiger partial charge >= 0.3 is 6.03 Å². The van der Waals surface area contributed by atoms with Crippen LogP contribution >= 0.6 is 0 Å². The van der Waals surface area contributed by atoms with E-state index >= 15 is 0 Å². The fourth-order valence-corrected chi connectivity index (χ4v) is 3.52. The van der Waals surface area contributed by atoms with Gasteiger partial charge in [0.1, 0.15) is 11.9 Å². The Morgan fingerprint density at radius 1 is 1.21 bits per heavy atom. The first kappa shape index (κ1) is 16.7. The number of carbonyl (C=O) groups excluding carboxylic acids is 2. The molecule has 1 saturated heterocycles. The Balaban J connectivity index is 1.45. The summed E-state index contributed by atoms with van der Waals surface area (Å²) in [6, 6.07) is 5.92. The molecule has 1 atom stereocenters. The van der Waals surface area contributed by atoms with Crippen LogP contribution in [0.4, 0.5) is 9.18 Å². The number of carbonyl (C=O) groups is 2. The molecule has 6 heteroatoms. The summed E-state index contributed by atoms with van der Waals surface area (Å²) in [5.74, 6) is -0.414.